The molecule has 0 radical (unpaired) electrons. The minimum absolute atomic E-state index is 0.167. The number of halogens is 1. The van der Waals surface area contributed by atoms with Crippen LogP contribution in [0.25, 0.3) is 0 Å². The Hall–Kier alpha value is -1.91. The fraction of sp³-hybridized carbons (Fsp3) is 0.273. The molecule has 1 aromatic carbocycles. The quantitative estimate of drug-likeness (QED) is 0.670. The molecular formula is C11H9FO4. The van der Waals surface area contributed by atoms with Crippen LogP contribution in [-0.4, -0.2) is 25.2 Å². The molecule has 2 rings (SSSR count). The van der Waals surface area contributed by atoms with Crippen molar-refractivity contribution < 1.29 is 23.5 Å². The van der Waals surface area contributed by atoms with Crippen LogP contribution in [0.4, 0.5) is 4.39 Å². The molecule has 1 aliphatic rings. The highest BCUT2D eigenvalue weighted by Crippen LogP contribution is 2.22. The van der Waals surface area contributed by atoms with Crippen LogP contribution in [0.5, 0.6) is 0 Å². The van der Waals surface area contributed by atoms with Crippen LogP contribution in [0.15, 0.2) is 18.2 Å². The standard InChI is InChI=1S/C11H9FO4/c1-15-11(14)9-4-6-2-3-7(12)5-8(6)10(13)16-9/h2-3,5,9H,4H2,1H3. The first kappa shape index (κ1) is 10.6. The van der Waals surface area contributed by atoms with Gasteiger partial charge in [0.2, 0.25) is 6.10 Å². The van der Waals surface area contributed by atoms with Crippen LogP contribution in [-0.2, 0) is 20.7 Å². The molecule has 0 spiro atoms. The predicted molar refractivity (Wildman–Crippen MR) is 51.3 cm³/mol. The Balaban J connectivity index is 2.33. The molecule has 0 saturated heterocycles. The number of fused-ring (bicyclic) bond motifs is 1. The number of hydrogen-bond acceptors (Lipinski definition) is 4. The molecule has 0 aromatic heterocycles. The lowest BCUT2D eigenvalue weighted by molar-refractivity contribution is -0.151. The Kier molecular flexibility index (Phi) is 2.60. The first-order valence-electron chi connectivity index (χ1n) is 4.69. The normalized spacial score (nSPS) is 18.6. The number of carbonyl (C=O) groups excluding carboxylic acids is 2. The summed E-state index contributed by atoms with van der Waals surface area (Å²) in [5, 5.41) is 0. The highest BCUT2D eigenvalue weighted by Gasteiger charge is 2.32. The van der Waals surface area contributed by atoms with E-state index in [1.165, 1.54) is 19.2 Å². The van der Waals surface area contributed by atoms with Crippen LogP contribution in [0.1, 0.15) is 15.9 Å². The van der Waals surface area contributed by atoms with Crippen molar-refractivity contribution in [2.45, 2.75) is 12.5 Å². The van der Waals surface area contributed by atoms with Gasteiger partial charge in [0.05, 0.1) is 12.7 Å². The zero-order chi connectivity index (χ0) is 11.7. The monoisotopic (exact) mass is 224 g/mol. The molecule has 0 N–H and O–H groups in total. The van der Waals surface area contributed by atoms with E-state index in [0.29, 0.717) is 5.56 Å². The lowest BCUT2D eigenvalue weighted by Gasteiger charge is -2.22. The summed E-state index contributed by atoms with van der Waals surface area (Å²) in [6.45, 7) is 0. The summed E-state index contributed by atoms with van der Waals surface area (Å²) in [6, 6.07) is 3.82. The maximum Gasteiger partial charge on any atom is 0.347 e. The molecular weight excluding hydrogens is 215 g/mol. The van der Waals surface area contributed by atoms with Gasteiger partial charge in [0.15, 0.2) is 0 Å². The second kappa shape index (κ2) is 3.92. The molecule has 1 unspecified atom stereocenters. The van der Waals surface area contributed by atoms with Gasteiger partial charge in [-0.05, 0) is 17.7 Å². The lowest BCUT2D eigenvalue weighted by atomic mass is 9.98. The Morgan fingerprint density at radius 1 is 1.56 bits per heavy atom. The largest absolute Gasteiger partial charge is 0.466 e. The van der Waals surface area contributed by atoms with Crippen molar-refractivity contribution in [1.82, 2.24) is 0 Å². The maximum absolute atomic E-state index is 12.9. The highest BCUT2D eigenvalue weighted by atomic mass is 19.1. The topological polar surface area (TPSA) is 52.6 Å². The molecule has 1 aliphatic heterocycles. The maximum atomic E-state index is 12.9. The van der Waals surface area contributed by atoms with Gasteiger partial charge < -0.3 is 9.47 Å². The van der Waals surface area contributed by atoms with Gasteiger partial charge in [0.25, 0.3) is 0 Å². The number of hydrogen-bond donors (Lipinski definition) is 0. The molecule has 0 saturated carbocycles. The summed E-state index contributed by atoms with van der Waals surface area (Å²) < 4.78 is 22.2. The number of esters is 2. The number of carbonyl (C=O) groups is 2. The molecule has 0 aliphatic carbocycles. The van der Waals surface area contributed by atoms with Gasteiger partial charge in [0, 0.05) is 6.42 Å². The van der Waals surface area contributed by atoms with E-state index < -0.39 is 23.9 Å². The van der Waals surface area contributed by atoms with E-state index in [1.54, 1.807) is 0 Å². The second-order valence-electron chi connectivity index (χ2n) is 3.42. The van der Waals surface area contributed by atoms with Gasteiger partial charge >= 0.3 is 11.9 Å². The van der Waals surface area contributed by atoms with Crippen molar-refractivity contribution in [3.63, 3.8) is 0 Å². The summed E-state index contributed by atoms with van der Waals surface area (Å²) in [6.07, 6.45) is -0.718. The molecule has 5 heteroatoms. The third-order valence-corrected chi connectivity index (χ3v) is 2.41. The fourth-order valence-corrected chi connectivity index (χ4v) is 1.61. The van der Waals surface area contributed by atoms with Gasteiger partial charge in [0.1, 0.15) is 5.82 Å². The van der Waals surface area contributed by atoms with Gasteiger partial charge in [-0.3, -0.25) is 0 Å². The molecule has 4 nitrogen and oxygen atoms in total. The summed E-state index contributed by atoms with van der Waals surface area (Å²) in [5.41, 5.74) is 0.758. The fourth-order valence-electron chi connectivity index (χ4n) is 1.61. The smallest absolute Gasteiger partial charge is 0.347 e. The Bertz CT molecular complexity index is 455. The Morgan fingerprint density at radius 3 is 3.00 bits per heavy atom. The number of benzene rings is 1. The van der Waals surface area contributed by atoms with E-state index in [2.05, 4.69) is 4.74 Å². The molecule has 16 heavy (non-hydrogen) atoms. The van der Waals surface area contributed by atoms with Crippen molar-refractivity contribution in [1.29, 1.82) is 0 Å². The predicted octanol–water partition coefficient (Wildman–Crippen LogP) is 1.08. The molecule has 84 valence electrons. The summed E-state index contributed by atoms with van der Waals surface area (Å²) in [7, 11) is 1.22. The minimum atomic E-state index is -0.935. The zero-order valence-electron chi connectivity index (χ0n) is 8.53. The molecule has 0 amide bonds. The average Bonchev–Trinajstić information content (AvgIpc) is 2.28. The van der Waals surface area contributed by atoms with Crippen LogP contribution in [0.3, 0.4) is 0 Å². The summed E-state index contributed by atoms with van der Waals surface area (Å²) in [5.74, 6) is -1.81. The minimum Gasteiger partial charge on any atom is -0.466 e. The first-order chi connectivity index (χ1) is 7.61. The van der Waals surface area contributed by atoms with Gasteiger partial charge in [-0.1, -0.05) is 6.07 Å². The van der Waals surface area contributed by atoms with E-state index in [-0.39, 0.29) is 12.0 Å². The highest BCUT2D eigenvalue weighted by molar-refractivity contribution is 5.94. The lowest BCUT2D eigenvalue weighted by Crippen LogP contribution is -2.35. The molecule has 0 bridgehead atoms. The van der Waals surface area contributed by atoms with Crippen molar-refractivity contribution in [2.75, 3.05) is 7.11 Å². The van der Waals surface area contributed by atoms with Crippen molar-refractivity contribution in [3.8, 4) is 0 Å². The zero-order valence-corrected chi connectivity index (χ0v) is 8.53. The number of ether oxygens (including phenoxy) is 2. The van der Waals surface area contributed by atoms with Crippen molar-refractivity contribution in [2.24, 2.45) is 0 Å². The Labute approximate surface area is 91.0 Å². The van der Waals surface area contributed by atoms with E-state index in [0.717, 1.165) is 6.07 Å². The van der Waals surface area contributed by atoms with E-state index in [4.69, 9.17) is 4.74 Å². The van der Waals surface area contributed by atoms with E-state index >= 15 is 0 Å². The van der Waals surface area contributed by atoms with Gasteiger partial charge in [-0.25, -0.2) is 14.0 Å². The van der Waals surface area contributed by atoms with Crippen LogP contribution in [0, 0.1) is 5.82 Å². The Morgan fingerprint density at radius 2 is 2.31 bits per heavy atom. The van der Waals surface area contributed by atoms with Crippen LogP contribution in [0.2, 0.25) is 0 Å². The molecule has 1 heterocycles. The molecule has 0 fully saturated rings. The first-order valence-corrected chi connectivity index (χ1v) is 4.69. The average molecular weight is 224 g/mol. The van der Waals surface area contributed by atoms with Crippen LogP contribution < -0.4 is 0 Å². The van der Waals surface area contributed by atoms with Gasteiger partial charge in [-0.2, -0.15) is 0 Å². The van der Waals surface area contributed by atoms with Gasteiger partial charge in [-0.15, -0.1) is 0 Å². The number of cyclic esters (lactones) is 1. The third kappa shape index (κ3) is 1.76. The number of rotatable bonds is 1. The SMILES string of the molecule is COC(=O)C1Cc2ccc(F)cc2C(=O)O1. The molecule has 1 atom stereocenters. The second-order valence-corrected chi connectivity index (χ2v) is 3.42. The van der Waals surface area contributed by atoms with E-state index in [1.807, 2.05) is 0 Å². The summed E-state index contributed by atoms with van der Waals surface area (Å²) in [4.78, 5) is 22.7. The molecule has 1 aromatic rings. The third-order valence-electron chi connectivity index (χ3n) is 2.41. The van der Waals surface area contributed by atoms with Crippen molar-refractivity contribution >= 4 is 11.9 Å². The van der Waals surface area contributed by atoms with Crippen LogP contribution >= 0.6 is 0 Å². The van der Waals surface area contributed by atoms with Crippen molar-refractivity contribution in [3.05, 3.63) is 35.1 Å². The summed E-state index contributed by atoms with van der Waals surface area (Å²) >= 11 is 0. The van der Waals surface area contributed by atoms with E-state index in [9.17, 15) is 14.0 Å². The number of methoxy groups -OCH3 is 1.